The van der Waals surface area contributed by atoms with Crippen molar-refractivity contribution in [3.8, 4) is 23.0 Å². The molecule has 0 amide bonds. The van der Waals surface area contributed by atoms with Crippen molar-refractivity contribution in [3.05, 3.63) is 58.8 Å². The summed E-state index contributed by atoms with van der Waals surface area (Å²) in [6, 6.07) is 11.3. The van der Waals surface area contributed by atoms with E-state index in [0.717, 1.165) is 0 Å². The Labute approximate surface area is 113 Å². The van der Waals surface area contributed by atoms with E-state index in [-0.39, 0.29) is 5.69 Å². The first kappa shape index (κ1) is 12.0. The molecule has 20 heavy (non-hydrogen) atoms. The Kier molecular flexibility index (Phi) is 2.92. The van der Waals surface area contributed by atoms with Crippen molar-refractivity contribution in [2.24, 2.45) is 0 Å². The van der Waals surface area contributed by atoms with Gasteiger partial charge in [0.05, 0.1) is 4.92 Å². The van der Waals surface area contributed by atoms with E-state index in [9.17, 15) is 10.1 Å². The highest BCUT2D eigenvalue weighted by molar-refractivity contribution is 5.57. The zero-order valence-electron chi connectivity index (χ0n) is 10.1. The number of nitro groups is 1. The maximum atomic E-state index is 10.6. The van der Waals surface area contributed by atoms with Gasteiger partial charge in [0, 0.05) is 23.9 Å². The van der Waals surface area contributed by atoms with Crippen LogP contribution in [0.4, 0.5) is 5.69 Å². The molecule has 0 saturated heterocycles. The average Bonchev–Trinajstić information content (AvgIpc) is 2.98. The smallest absolute Gasteiger partial charge is 0.269 e. The molecule has 2 heterocycles. The summed E-state index contributed by atoms with van der Waals surface area (Å²) in [4.78, 5) is 14.2. The summed E-state index contributed by atoms with van der Waals surface area (Å²) in [5.41, 5.74) is 1.21. The minimum atomic E-state index is -0.461. The predicted molar refractivity (Wildman–Crippen MR) is 69.6 cm³/mol. The zero-order chi connectivity index (χ0) is 13.9. The molecule has 0 fully saturated rings. The zero-order valence-corrected chi connectivity index (χ0v) is 10.1. The average molecular weight is 268 g/mol. The van der Waals surface area contributed by atoms with Gasteiger partial charge in [-0.3, -0.25) is 15.1 Å². The van der Waals surface area contributed by atoms with Gasteiger partial charge < -0.3 is 4.42 Å². The molecule has 0 aliphatic rings. The third-order valence-electron chi connectivity index (χ3n) is 2.63. The topological polar surface area (TPSA) is 95.0 Å². The lowest BCUT2D eigenvalue weighted by Crippen LogP contribution is -1.87. The summed E-state index contributed by atoms with van der Waals surface area (Å²) in [6.45, 7) is 0. The van der Waals surface area contributed by atoms with Crippen molar-refractivity contribution in [2.45, 2.75) is 0 Å². The van der Waals surface area contributed by atoms with Crippen LogP contribution in [0.3, 0.4) is 0 Å². The van der Waals surface area contributed by atoms with Gasteiger partial charge in [-0.15, -0.1) is 10.2 Å². The molecule has 3 aromatic rings. The van der Waals surface area contributed by atoms with Gasteiger partial charge in [0.15, 0.2) is 0 Å². The summed E-state index contributed by atoms with van der Waals surface area (Å²) < 4.78 is 5.50. The van der Waals surface area contributed by atoms with E-state index in [0.29, 0.717) is 23.0 Å². The Balaban J connectivity index is 1.92. The van der Waals surface area contributed by atoms with Gasteiger partial charge in [-0.25, -0.2) is 0 Å². The lowest BCUT2D eigenvalue weighted by Gasteiger charge is -1.94. The Hall–Kier alpha value is -3.09. The molecule has 7 heteroatoms. The van der Waals surface area contributed by atoms with Gasteiger partial charge in [0.1, 0.15) is 5.69 Å². The van der Waals surface area contributed by atoms with Gasteiger partial charge in [-0.1, -0.05) is 6.07 Å². The van der Waals surface area contributed by atoms with Crippen molar-refractivity contribution in [1.29, 1.82) is 0 Å². The molecule has 1 aromatic carbocycles. The van der Waals surface area contributed by atoms with Crippen LogP contribution in [0.15, 0.2) is 53.1 Å². The number of rotatable bonds is 3. The number of nitrogens with zero attached hydrogens (tertiary/aromatic N) is 4. The fourth-order valence-corrected chi connectivity index (χ4v) is 1.66. The second-order valence-electron chi connectivity index (χ2n) is 3.93. The van der Waals surface area contributed by atoms with Crippen molar-refractivity contribution in [2.75, 3.05) is 0 Å². The normalized spacial score (nSPS) is 10.4. The lowest BCUT2D eigenvalue weighted by molar-refractivity contribution is -0.384. The van der Waals surface area contributed by atoms with E-state index in [1.165, 1.54) is 12.1 Å². The van der Waals surface area contributed by atoms with E-state index in [1.54, 1.807) is 30.5 Å². The number of aromatic nitrogens is 3. The second kappa shape index (κ2) is 4.88. The highest BCUT2D eigenvalue weighted by Gasteiger charge is 2.12. The van der Waals surface area contributed by atoms with E-state index in [2.05, 4.69) is 15.2 Å². The van der Waals surface area contributed by atoms with E-state index in [4.69, 9.17) is 4.42 Å². The van der Waals surface area contributed by atoms with E-state index in [1.807, 2.05) is 6.07 Å². The molecule has 7 nitrogen and oxygen atoms in total. The van der Waals surface area contributed by atoms with Crippen molar-refractivity contribution in [3.63, 3.8) is 0 Å². The van der Waals surface area contributed by atoms with E-state index < -0.39 is 4.92 Å². The number of non-ortho nitro benzene ring substituents is 1. The Bertz CT molecular complexity index is 738. The molecule has 0 radical (unpaired) electrons. The van der Waals surface area contributed by atoms with Crippen LogP contribution < -0.4 is 0 Å². The molecule has 0 N–H and O–H groups in total. The van der Waals surface area contributed by atoms with Crippen molar-refractivity contribution >= 4 is 5.69 Å². The molecule has 2 aromatic heterocycles. The molecule has 0 saturated carbocycles. The first-order chi connectivity index (χ1) is 9.74. The lowest BCUT2D eigenvalue weighted by atomic mass is 10.2. The highest BCUT2D eigenvalue weighted by Crippen LogP contribution is 2.24. The second-order valence-corrected chi connectivity index (χ2v) is 3.93. The van der Waals surface area contributed by atoms with Gasteiger partial charge in [0.25, 0.3) is 11.6 Å². The van der Waals surface area contributed by atoms with Crippen LogP contribution in [-0.4, -0.2) is 20.1 Å². The van der Waals surface area contributed by atoms with Crippen LogP contribution >= 0.6 is 0 Å². The molecule has 0 atom stereocenters. The first-order valence-corrected chi connectivity index (χ1v) is 5.74. The van der Waals surface area contributed by atoms with Crippen LogP contribution in [0.5, 0.6) is 0 Å². The predicted octanol–water partition coefficient (Wildman–Crippen LogP) is 2.71. The standard InChI is InChI=1S/C13H8N4O3/c18-17(19)10-6-4-9(5-7-10)12-15-16-13(20-12)11-3-1-2-8-14-11/h1-8H. The van der Waals surface area contributed by atoms with Crippen molar-refractivity contribution in [1.82, 2.24) is 15.2 Å². The largest absolute Gasteiger partial charge is 0.415 e. The van der Waals surface area contributed by atoms with Gasteiger partial charge >= 0.3 is 0 Å². The molecular formula is C13H8N4O3. The summed E-state index contributed by atoms with van der Waals surface area (Å²) in [5.74, 6) is 0.597. The molecule has 0 unspecified atom stereocenters. The Morgan fingerprint density at radius 2 is 1.75 bits per heavy atom. The minimum Gasteiger partial charge on any atom is -0.415 e. The fourth-order valence-electron chi connectivity index (χ4n) is 1.66. The highest BCUT2D eigenvalue weighted by atomic mass is 16.6. The van der Waals surface area contributed by atoms with Gasteiger partial charge in [-0.05, 0) is 24.3 Å². The Morgan fingerprint density at radius 3 is 2.40 bits per heavy atom. The third-order valence-corrected chi connectivity index (χ3v) is 2.63. The molecule has 98 valence electrons. The number of benzene rings is 1. The molecule has 0 bridgehead atoms. The van der Waals surface area contributed by atoms with E-state index >= 15 is 0 Å². The molecule has 3 rings (SSSR count). The van der Waals surface area contributed by atoms with Crippen LogP contribution in [0, 0.1) is 10.1 Å². The SMILES string of the molecule is O=[N+]([O-])c1ccc(-c2nnc(-c3ccccn3)o2)cc1. The molecule has 0 aliphatic heterocycles. The minimum absolute atomic E-state index is 0.0122. The fraction of sp³-hybridized carbons (Fsp3) is 0. The molecule has 0 spiro atoms. The molecule has 0 aliphatic carbocycles. The Morgan fingerprint density at radius 1 is 1.00 bits per heavy atom. The third kappa shape index (κ3) is 2.24. The van der Waals surface area contributed by atoms with Gasteiger partial charge in [-0.2, -0.15) is 0 Å². The number of nitro benzene ring substituents is 1. The maximum Gasteiger partial charge on any atom is 0.269 e. The maximum absolute atomic E-state index is 10.6. The summed E-state index contributed by atoms with van der Waals surface area (Å²) in [5, 5.41) is 18.4. The number of hydrogen-bond donors (Lipinski definition) is 0. The summed E-state index contributed by atoms with van der Waals surface area (Å²) >= 11 is 0. The van der Waals surface area contributed by atoms with Crippen LogP contribution in [0.25, 0.3) is 23.0 Å². The first-order valence-electron chi connectivity index (χ1n) is 5.74. The van der Waals surface area contributed by atoms with Crippen LogP contribution in [-0.2, 0) is 0 Å². The summed E-state index contributed by atoms with van der Waals surface area (Å²) in [6.07, 6.45) is 1.63. The summed E-state index contributed by atoms with van der Waals surface area (Å²) in [7, 11) is 0. The monoisotopic (exact) mass is 268 g/mol. The molecular weight excluding hydrogens is 260 g/mol. The van der Waals surface area contributed by atoms with Crippen LogP contribution in [0.2, 0.25) is 0 Å². The van der Waals surface area contributed by atoms with Gasteiger partial charge in [0.2, 0.25) is 5.89 Å². The quantitative estimate of drug-likeness (QED) is 0.535. The number of hydrogen-bond acceptors (Lipinski definition) is 6. The van der Waals surface area contributed by atoms with Crippen molar-refractivity contribution < 1.29 is 9.34 Å². The number of pyridine rings is 1. The van der Waals surface area contributed by atoms with Crippen LogP contribution in [0.1, 0.15) is 0 Å².